The number of nitrogens with two attached hydrogens (primary N) is 1. The van der Waals surface area contributed by atoms with Crippen LogP contribution in [0.2, 0.25) is 0 Å². The molecular weight excluding hydrogens is 222 g/mol. The third-order valence-corrected chi connectivity index (χ3v) is 2.04. The summed E-state index contributed by atoms with van der Waals surface area (Å²) in [7, 11) is 0. The van der Waals surface area contributed by atoms with Gasteiger partial charge in [-0.05, 0) is 12.1 Å². The quantitative estimate of drug-likeness (QED) is 0.689. The summed E-state index contributed by atoms with van der Waals surface area (Å²) < 4.78 is 0. The van der Waals surface area contributed by atoms with Crippen molar-refractivity contribution in [1.29, 1.82) is 0 Å². The van der Waals surface area contributed by atoms with Crippen molar-refractivity contribution in [2.75, 3.05) is 18.0 Å². The third kappa shape index (κ3) is 3.60. The van der Waals surface area contributed by atoms with E-state index in [1.54, 1.807) is 17.0 Å². The van der Waals surface area contributed by atoms with Gasteiger partial charge >= 0.3 is 5.97 Å². The second kappa shape index (κ2) is 5.64. The zero-order valence-corrected chi connectivity index (χ0v) is 9.17. The number of primary amides is 1. The van der Waals surface area contributed by atoms with Crippen LogP contribution in [-0.2, 0) is 4.79 Å². The van der Waals surface area contributed by atoms with Gasteiger partial charge in [0, 0.05) is 18.4 Å². The van der Waals surface area contributed by atoms with E-state index >= 15 is 0 Å². The van der Waals surface area contributed by atoms with Crippen molar-refractivity contribution in [3.63, 3.8) is 0 Å². The molecule has 6 heteroatoms. The molecule has 0 saturated carbocycles. The number of aromatic nitrogens is 1. The molecular formula is C11H13N3O3. The zero-order chi connectivity index (χ0) is 12.8. The molecule has 3 N–H and O–H groups in total. The number of aliphatic carboxylic acids is 1. The van der Waals surface area contributed by atoms with Crippen LogP contribution in [0.5, 0.6) is 0 Å². The number of amides is 1. The molecule has 0 unspecified atom stereocenters. The summed E-state index contributed by atoms with van der Waals surface area (Å²) >= 11 is 0. The number of nitrogens with zero attached hydrogens (tertiary/aromatic N) is 2. The van der Waals surface area contributed by atoms with E-state index in [0.29, 0.717) is 12.2 Å². The topological polar surface area (TPSA) is 96.5 Å². The second-order valence-electron chi connectivity index (χ2n) is 3.33. The van der Waals surface area contributed by atoms with Crippen LogP contribution in [0.1, 0.15) is 10.5 Å². The van der Waals surface area contributed by atoms with Gasteiger partial charge in [-0.25, -0.2) is 0 Å². The predicted octanol–water partition coefficient (Wildman–Crippen LogP) is 0.257. The molecule has 0 atom stereocenters. The zero-order valence-electron chi connectivity index (χ0n) is 9.17. The standard InChI is InChI=1S/C11H13N3O3/c1-2-5-14(7-10(15)16)8-3-4-13-9(6-8)11(12)17/h2-4,6H,1,5,7H2,(H2,12,17)(H,15,16). The van der Waals surface area contributed by atoms with Gasteiger partial charge in [0.05, 0.1) is 0 Å². The number of carbonyl (C=O) groups excluding carboxylic acids is 1. The lowest BCUT2D eigenvalue weighted by Gasteiger charge is -2.21. The summed E-state index contributed by atoms with van der Waals surface area (Å²) in [6.45, 7) is 3.72. The van der Waals surface area contributed by atoms with Gasteiger partial charge in [0.25, 0.3) is 5.91 Å². The molecule has 0 fully saturated rings. The first-order chi connectivity index (χ1) is 8.04. The summed E-state index contributed by atoms with van der Waals surface area (Å²) in [6.07, 6.45) is 2.99. The molecule has 0 spiro atoms. The molecule has 0 aliphatic rings. The van der Waals surface area contributed by atoms with Crippen LogP contribution in [0.25, 0.3) is 0 Å². The first-order valence-electron chi connectivity index (χ1n) is 4.88. The Morgan fingerprint density at radius 1 is 1.59 bits per heavy atom. The minimum Gasteiger partial charge on any atom is -0.480 e. The van der Waals surface area contributed by atoms with E-state index in [1.165, 1.54) is 12.3 Å². The summed E-state index contributed by atoms with van der Waals surface area (Å²) in [5.41, 5.74) is 5.77. The van der Waals surface area contributed by atoms with Crippen LogP contribution in [0.4, 0.5) is 5.69 Å². The van der Waals surface area contributed by atoms with Crippen molar-refractivity contribution >= 4 is 17.6 Å². The fourth-order valence-corrected chi connectivity index (χ4v) is 1.33. The summed E-state index contributed by atoms with van der Waals surface area (Å²) in [5, 5.41) is 8.77. The minimum absolute atomic E-state index is 0.0990. The van der Waals surface area contributed by atoms with Crippen LogP contribution in [0.15, 0.2) is 31.0 Å². The van der Waals surface area contributed by atoms with Crippen LogP contribution < -0.4 is 10.6 Å². The van der Waals surface area contributed by atoms with Crippen LogP contribution in [-0.4, -0.2) is 35.1 Å². The fourth-order valence-electron chi connectivity index (χ4n) is 1.33. The molecule has 17 heavy (non-hydrogen) atoms. The average molecular weight is 235 g/mol. The van der Waals surface area contributed by atoms with E-state index in [1.807, 2.05) is 0 Å². The molecule has 6 nitrogen and oxygen atoms in total. The number of carboxylic acid groups (broad SMARTS) is 1. The first-order valence-corrected chi connectivity index (χ1v) is 4.88. The van der Waals surface area contributed by atoms with E-state index in [4.69, 9.17) is 10.8 Å². The highest BCUT2D eigenvalue weighted by molar-refractivity contribution is 5.91. The van der Waals surface area contributed by atoms with Crippen molar-refractivity contribution in [1.82, 2.24) is 4.98 Å². The summed E-state index contributed by atoms with van der Waals surface area (Å²) in [4.78, 5) is 27.0. The van der Waals surface area contributed by atoms with Gasteiger partial charge in [-0.2, -0.15) is 0 Å². The molecule has 1 heterocycles. The minimum atomic E-state index is -0.968. The van der Waals surface area contributed by atoms with E-state index in [-0.39, 0.29) is 12.2 Å². The number of carboxylic acids is 1. The van der Waals surface area contributed by atoms with Gasteiger partial charge in [0.1, 0.15) is 12.2 Å². The van der Waals surface area contributed by atoms with Crippen molar-refractivity contribution in [3.8, 4) is 0 Å². The van der Waals surface area contributed by atoms with E-state index in [2.05, 4.69) is 11.6 Å². The molecule has 0 aliphatic heterocycles. The highest BCUT2D eigenvalue weighted by Gasteiger charge is 2.11. The average Bonchev–Trinajstić information content (AvgIpc) is 2.28. The van der Waals surface area contributed by atoms with Gasteiger partial charge in [-0.3, -0.25) is 14.6 Å². The monoisotopic (exact) mass is 235 g/mol. The molecule has 1 rings (SSSR count). The van der Waals surface area contributed by atoms with Crippen LogP contribution in [0.3, 0.4) is 0 Å². The van der Waals surface area contributed by atoms with Gasteiger partial charge in [-0.1, -0.05) is 6.08 Å². The Bertz CT molecular complexity index is 445. The van der Waals surface area contributed by atoms with E-state index < -0.39 is 11.9 Å². The molecule has 90 valence electrons. The number of rotatable bonds is 6. The number of carbonyl (C=O) groups is 2. The number of hydrogen-bond donors (Lipinski definition) is 2. The van der Waals surface area contributed by atoms with Gasteiger partial charge in [0.15, 0.2) is 0 Å². The Morgan fingerprint density at radius 3 is 2.82 bits per heavy atom. The maximum absolute atomic E-state index is 11.0. The van der Waals surface area contributed by atoms with Crippen molar-refractivity contribution in [2.45, 2.75) is 0 Å². The third-order valence-electron chi connectivity index (χ3n) is 2.04. The van der Waals surface area contributed by atoms with Gasteiger partial charge in [-0.15, -0.1) is 6.58 Å². The molecule has 0 bridgehead atoms. The largest absolute Gasteiger partial charge is 0.480 e. The Balaban J connectivity index is 3.00. The van der Waals surface area contributed by atoms with Gasteiger partial charge < -0.3 is 15.7 Å². The molecule has 0 saturated heterocycles. The Labute approximate surface area is 98.4 Å². The molecule has 0 aromatic carbocycles. The summed E-state index contributed by atoms with van der Waals surface area (Å²) in [5.74, 6) is -1.62. The normalized spacial score (nSPS) is 9.65. The second-order valence-corrected chi connectivity index (χ2v) is 3.33. The van der Waals surface area contributed by atoms with Gasteiger partial charge in [0.2, 0.25) is 0 Å². The number of hydrogen-bond acceptors (Lipinski definition) is 4. The maximum Gasteiger partial charge on any atom is 0.323 e. The number of pyridine rings is 1. The SMILES string of the molecule is C=CCN(CC(=O)O)c1ccnc(C(N)=O)c1. The lowest BCUT2D eigenvalue weighted by atomic mass is 10.2. The molecule has 1 amide bonds. The van der Waals surface area contributed by atoms with Crippen molar-refractivity contribution in [2.24, 2.45) is 5.73 Å². The predicted molar refractivity (Wildman–Crippen MR) is 62.8 cm³/mol. The number of anilines is 1. The maximum atomic E-state index is 11.0. The van der Waals surface area contributed by atoms with Crippen LogP contribution >= 0.6 is 0 Å². The fraction of sp³-hybridized carbons (Fsp3) is 0.182. The molecule has 1 aromatic heterocycles. The Hall–Kier alpha value is -2.37. The molecule has 1 aromatic rings. The Kier molecular flexibility index (Phi) is 4.21. The Morgan fingerprint density at radius 2 is 2.29 bits per heavy atom. The highest BCUT2D eigenvalue weighted by atomic mass is 16.4. The molecule has 0 radical (unpaired) electrons. The lowest BCUT2D eigenvalue weighted by Crippen LogP contribution is -2.30. The molecule has 0 aliphatic carbocycles. The van der Waals surface area contributed by atoms with E-state index in [9.17, 15) is 9.59 Å². The smallest absolute Gasteiger partial charge is 0.323 e. The van der Waals surface area contributed by atoms with Crippen LogP contribution in [0, 0.1) is 0 Å². The van der Waals surface area contributed by atoms with E-state index in [0.717, 1.165) is 0 Å². The summed E-state index contributed by atoms with van der Waals surface area (Å²) in [6, 6.07) is 3.06. The highest BCUT2D eigenvalue weighted by Crippen LogP contribution is 2.14. The van der Waals surface area contributed by atoms with Crippen molar-refractivity contribution < 1.29 is 14.7 Å². The lowest BCUT2D eigenvalue weighted by molar-refractivity contribution is -0.135. The first kappa shape index (κ1) is 12.7. The van der Waals surface area contributed by atoms with Crippen molar-refractivity contribution in [3.05, 3.63) is 36.7 Å².